The molecule has 6 heteroatoms. The maximum atomic E-state index is 11.3. The molecule has 2 N–H and O–H groups in total. The summed E-state index contributed by atoms with van der Waals surface area (Å²) in [7, 11) is 0. The number of benzene rings is 1. The van der Waals surface area contributed by atoms with Crippen molar-refractivity contribution in [3.05, 3.63) is 30.3 Å². The van der Waals surface area contributed by atoms with Gasteiger partial charge in [-0.1, -0.05) is 30.0 Å². The molecular weight excluding hydrogens is 276 g/mol. The topological polar surface area (TPSA) is 70.9 Å². The van der Waals surface area contributed by atoms with E-state index >= 15 is 0 Å². The van der Waals surface area contributed by atoms with E-state index < -0.39 is 6.10 Å². The molecule has 20 heavy (non-hydrogen) atoms. The largest absolute Gasteiger partial charge is 0.491 e. The number of nitrogens with one attached hydrogen (secondary N) is 1. The zero-order valence-electron chi connectivity index (χ0n) is 11.3. The third kappa shape index (κ3) is 4.86. The van der Waals surface area contributed by atoms with Crippen LogP contribution in [0.3, 0.4) is 0 Å². The van der Waals surface area contributed by atoms with Crippen molar-refractivity contribution in [3.8, 4) is 5.75 Å². The summed E-state index contributed by atoms with van der Waals surface area (Å²) in [5.74, 6) is 1.14. The van der Waals surface area contributed by atoms with E-state index in [1.54, 1.807) is 0 Å². The smallest absolute Gasteiger partial charge is 0.228 e. The number of carbonyl (C=O) groups is 1. The molecule has 1 aromatic carbocycles. The van der Waals surface area contributed by atoms with Gasteiger partial charge in [0, 0.05) is 12.2 Å². The van der Waals surface area contributed by atoms with Gasteiger partial charge in [0.25, 0.3) is 0 Å². The van der Waals surface area contributed by atoms with E-state index in [-0.39, 0.29) is 18.6 Å². The Labute approximate surface area is 122 Å². The van der Waals surface area contributed by atoms with Gasteiger partial charge in [0.05, 0.1) is 12.1 Å². The number of thioether (sulfide) groups is 1. The number of aliphatic hydroxyl groups excluding tert-OH is 1. The van der Waals surface area contributed by atoms with Crippen LogP contribution in [0, 0.1) is 0 Å². The molecular formula is C14H18N2O3S. The van der Waals surface area contributed by atoms with Gasteiger partial charge in [-0.25, -0.2) is 0 Å². The van der Waals surface area contributed by atoms with Crippen LogP contribution in [0.4, 0.5) is 0 Å². The van der Waals surface area contributed by atoms with Crippen LogP contribution in [-0.4, -0.2) is 40.7 Å². The predicted octanol–water partition coefficient (Wildman–Crippen LogP) is 1.42. The molecule has 1 aliphatic heterocycles. The van der Waals surface area contributed by atoms with Crippen molar-refractivity contribution in [2.45, 2.75) is 25.5 Å². The fraction of sp³-hybridized carbons (Fsp3) is 0.429. The average Bonchev–Trinajstić information content (AvgIpc) is 2.43. The van der Waals surface area contributed by atoms with Crippen molar-refractivity contribution >= 4 is 22.8 Å². The number of amidine groups is 1. The molecule has 1 amide bonds. The maximum absolute atomic E-state index is 11.3. The monoisotopic (exact) mass is 294 g/mol. The Morgan fingerprint density at radius 3 is 2.95 bits per heavy atom. The van der Waals surface area contributed by atoms with Crippen molar-refractivity contribution in [2.75, 3.05) is 12.4 Å². The van der Waals surface area contributed by atoms with E-state index in [9.17, 15) is 9.90 Å². The van der Waals surface area contributed by atoms with Crippen molar-refractivity contribution in [2.24, 2.45) is 4.99 Å². The van der Waals surface area contributed by atoms with E-state index in [2.05, 4.69) is 10.3 Å². The van der Waals surface area contributed by atoms with Crippen LogP contribution in [0.1, 0.15) is 13.3 Å². The van der Waals surface area contributed by atoms with Crippen LogP contribution in [0.25, 0.3) is 0 Å². The summed E-state index contributed by atoms with van der Waals surface area (Å²) >= 11 is 1.34. The molecule has 0 saturated heterocycles. The Morgan fingerprint density at radius 2 is 2.25 bits per heavy atom. The lowest BCUT2D eigenvalue weighted by Gasteiger charge is -2.18. The maximum Gasteiger partial charge on any atom is 0.228 e. The average molecular weight is 294 g/mol. The summed E-state index contributed by atoms with van der Waals surface area (Å²) in [5.41, 5.74) is 0. The predicted molar refractivity (Wildman–Crippen MR) is 80.1 cm³/mol. The number of hydrogen-bond donors (Lipinski definition) is 2. The number of aliphatic imine (C=N–C) groups is 1. The molecule has 0 radical (unpaired) electrons. The second-order valence-electron chi connectivity index (χ2n) is 4.62. The highest BCUT2D eigenvalue weighted by Gasteiger charge is 2.18. The lowest BCUT2D eigenvalue weighted by Crippen LogP contribution is -2.36. The van der Waals surface area contributed by atoms with Crippen molar-refractivity contribution in [1.29, 1.82) is 0 Å². The Bertz CT molecular complexity index is 479. The van der Waals surface area contributed by atoms with E-state index in [4.69, 9.17) is 4.74 Å². The molecule has 0 aliphatic carbocycles. The minimum atomic E-state index is -0.614. The number of rotatable bonds is 5. The van der Waals surface area contributed by atoms with Crippen molar-refractivity contribution < 1.29 is 14.6 Å². The molecule has 1 aliphatic rings. The number of aliphatic hydroxyl groups is 1. The van der Waals surface area contributed by atoms with Crippen LogP contribution in [0.2, 0.25) is 0 Å². The van der Waals surface area contributed by atoms with Crippen molar-refractivity contribution in [1.82, 2.24) is 5.32 Å². The van der Waals surface area contributed by atoms with Gasteiger partial charge in [-0.15, -0.1) is 0 Å². The normalized spacial score (nSPS) is 20.0. The molecule has 0 spiro atoms. The highest BCUT2D eigenvalue weighted by molar-refractivity contribution is 8.13. The molecule has 0 bridgehead atoms. The Balaban J connectivity index is 1.72. The van der Waals surface area contributed by atoms with Gasteiger partial charge in [-0.05, 0) is 19.1 Å². The summed E-state index contributed by atoms with van der Waals surface area (Å²) in [6, 6.07) is 9.35. The second kappa shape index (κ2) is 7.31. The Morgan fingerprint density at radius 1 is 1.50 bits per heavy atom. The summed E-state index contributed by atoms with van der Waals surface area (Å²) in [6.07, 6.45) is -0.193. The zero-order valence-corrected chi connectivity index (χ0v) is 12.1. The number of amides is 1. The summed E-state index contributed by atoms with van der Waals surface area (Å²) in [5, 5.41) is 13.1. The number of ether oxygens (including phenoxy) is 1. The van der Waals surface area contributed by atoms with Crippen molar-refractivity contribution in [3.63, 3.8) is 0 Å². The molecule has 108 valence electrons. The Hall–Kier alpha value is -1.53. The lowest BCUT2D eigenvalue weighted by molar-refractivity contribution is -0.120. The molecule has 2 unspecified atom stereocenters. The van der Waals surface area contributed by atoms with Crippen LogP contribution < -0.4 is 10.1 Å². The van der Waals surface area contributed by atoms with Gasteiger partial charge in [0.1, 0.15) is 12.4 Å². The zero-order chi connectivity index (χ0) is 14.4. The van der Waals surface area contributed by atoms with Gasteiger partial charge in [0.15, 0.2) is 5.17 Å². The van der Waals surface area contributed by atoms with Gasteiger partial charge in [-0.2, -0.15) is 0 Å². The van der Waals surface area contributed by atoms with Gasteiger partial charge < -0.3 is 15.2 Å². The SMILES string of the molecule is CC1CC(=O)NC(SCC(O)COc2ccccc2)=N1. The molecule has 1 heterocycles. The summed E-state index contributed by atoms with van der Waals surface area (Å²) in [4.78, 5) is 15.7. The molecule has 2 rings (SSSR count). The first kappa shape index (κ1) is 14.9. The van der Waals surface area contributed by atoms with E-state index in [1.807, 2.05) is 37.3 Å². The van der Waals surface area contributed by atoms with Gasteiger partial charge >= 0.3 is 0 Å². The van der Waals surface area contributed by atoms with Gasteiger partial charge in [-0.3, -0.25) is 9.79 Å². The highest BCUT2D eigenvalue weighted by atomic mass is 32.2. The minimum absolute atomic E-state index is 0.00367. The molecule has 2 atom stereocenters. The fourth-order valence-corrected chi connectivity index (χ4v) is 2.61. The first-order chi connectivity index (χ1) is 9.63. The summed E-state index contributed by atoms with van der Waals surface area (Å²) < 4.78 is 5.46. The molecule has 0 saturated carbocycles. The van der Waals surface area contributed by atoms with Crippen LogP contribution in [0.15, 0.2) is 35.3 Å². The lowest BCUT2D eigenvalue weighted by atomic mass is 10.2. The third-order valence-electron chi connectivity index (χ3n) is 2.66. The number of hydrogen-bond acceptors (Lipinski definition) is 5. The molecule has 5 nitrogen and oxygen atoms in total. The third-order valence-corrected chi connectivity index (χ3v) is 3.70. The van der Waals surface area contributed by atoms with E-state index in [0.29, 0.717) is 17.3 Å². The Kier molecular flexibility index (Phi) is 5.43. The number of nitrogens with zero attached hydrogens (tertiary/aromatic N) is 1. The first-order valence-electron chi connectivity index (χ1n) is 6.50. The van der Waals surface area contributed by atoms with Crippen LogP contribution in [0.5, 0.6) is 5.75 Å². The van der Waals surface area contributed by atoms with E-state index in [0.717, 1.165) is 5.75 Å². The number of carbonyl (C=O) groups excluding carboxylic acids is 1. The molecule has 1 aromatic rings. The van der Waals surface area contributed by atoms with Crippen LogP contribution >= 0.6 is 11.8 Å². The fourth-order valence-electron chi connectivity index (χ4n) is 1.72. The van der Waals surface area contributed by atoms with Crippen LogP contribution in [-0.2, 0) is 4.79 Å². The summed E-state index contributed by atoms with van der Waals surface area (Å²) in [6.45, 7) is 2.11. The standard InChI is InChI=1S/C14H18N2O3S/c1-10-7-13(18)16-14(15-10)20-9-11(17)8-19-12-5-3-2-4-6-12/h2-6,10-11,17H,7-9H2,1H3,(H,15,16,18). The van der Waals surface area contributed by atoms with E-state index in [1.165, 1.54) is 11.8 Å². The molecule has 0 aromatic heterocycles. The van der Waals surface area contributed by atoms with Gasteiger partial charge in [0.2, 0.25) is 5.91 Å². The second-order valence-corrected chi connectivity index (χ2v) is 5.63. The number of para-hydroxylation sites is 1. The first-order valence-corrected chi connectivity index (χ1v) is 7.48. The quantitative estimate of drug-likeness (QED) is 0.861. The molecule has 0 fully saturated rings. The minimum Gasteiger partial charge on any atom is -0.491 e. The highest BCUT2D eigenvalue weighted by Crippen LogP contribution is 2.13.